The van der Waals surface area contributed by atoms with Gasteiger partial charge in [0.05, 0.1) is 13.5 Å². The average Bonchev–Trinajstić information content (AvgIpc) is 3.22. The van der Waals surface area contributed by atoms with Gasteiger partial charge < -0.3 is 20.5 Å². The first-order valence-corrected chi connectivity index (χ1v) is 6.50. The zero-order valence-corrected chi connectivity index (χ0v) is 11.3. The summed E-state index contributed by atoms with van der Waals surface area (Å²) in [6.07, 6.45) is 2.24. The summed E-state index contributed by atoms with van der Waals surface area (Å²) in [5.41, 5.74) is 6.41. The molecule has 0 spiro atoms. The smallest absolute Gasteiger partial charge is 0.341 e. The van der Waals surface area contributed by atoms with E-state index in [2.05, 4.69) is 5.32 Å². The van der Waals surface area contributed by atoms with Gasteiger partial charge in [-0.3, -0.25) is 4.79 Å². The third-order valence-corrected chi connectivity index (χ3v) is 2.95. The van der Waals surface area contributed by atoms with E-state index in [4.69, 9.17) is 15.2 Å². The lowest BCUT2D eigenvalue weighted by molar-refractivity contribution is -0.121. The summed E-state index contributed by atoms with van der Waals surface area (Å²) in [5.74, 6) is -0.261. The van der Waals surface area contributed by atoms with Crippen molar-refractivity contribution in [2.45, 2.75) is 25.3 Å². The molecule has 1 amide bonds. The highest BCUT2D eigenvalue weighted by Gasteiger charge is 2.23. The normalized spacial score (nSPS) is 13.7. The lowest BCUT2D eigenvalue weighted by atomic mass is 10.2. The van der Waals surface area contributed by atoms with Gasteiger partial charge in [0, 0.05) is 17.8 Å². The summed E-state index contributed by atoms with van der Waals surface area (Å²) in [5, 5.41) is 2.83. The van der Waals surface area contributed by atoms with Gasteiger partial charge in [0.1, 0.15) is 17.9 Å². The standard InChI is InChI=1S/C14H18N2O4/c1-19-12-8-9(15)2-5-11(12)14(18)20-7-6-13(17)16-10-3-4-10/h2,5,8,10H,3-4,6-7,15H2,1H3,(H,16,17). The number of carbonyl (C=O) groups excluding carboxylic acids is 2. The van der Waals surface area contributed by atoms with Gasteiger partial charge >= 0.3 is 5.97 Å². The number of nitrogens with two attached hydrogens (primary N) is 1. The van der Waals surface area contributed by atoms with Crippen LogP contribution in [0.1, 0.15) is 29.6 Å². The molecule has 20 heavy (non-hydrogen) atoms. The van der Waals surface area contributed by atoms with Crippen LogP contribution >= 0.6 is 0 Å². The second-order valence-electron chi connectivity index (χ2n) is 4.69. The van der Waals surface area contributed by atoms with Crippen molar-refractivity contribution < 1.29 is 19.1 Å². The third kappa shape index (κ3) is 3.88. The number of nitrogens with one attached hydrogen (secondary N) is 1. The van der Waals surface area contributed by atoms with E-state index in [-0.39, 0.29) is 18.9 Å². The van der Waals surface area contributed by atoms with Crippen molar-refractivity contribution in [3.05, 3.63) is 23.8 Å². The van der Waals surface area contributed by atoms with Crippen LogP contribution in [0.15, 0.2) is 18.2 Å². The molecule has 0 aliphatic heterocycles. The molecule has 6 nitrogen and oxygen atoms in total. The highest BCUT2D eigenvalue weighted by atomic mass is 16.5. The van der Waals surface area contributed by atoms with E-state index in [1.165, 1.54) is 7.11 Å². The Morgan fingerprint density at radius 2 is 2.15 bits per heavy atom. The molecule has 6 heteroatoms. The Morgan fingerprint density at radius 1 is 1.40 bits per heavy atom. The number of esters is 1. The number of carbonyl (C=O) groups is 2. The third-order valence-electron chi connectivity index (χ3n) is 2.95. The Morgan fingerprint density at radius 3 is 2.80 bits per heavy atom. The fourth-order valence-corrected chi connectivity index (χ4v) is 1.72. The first kappa shape index (κ1) is 14.2. The number of methoxy groups -OCH3 is 1. The zero-order chi connectivity index (χ0) is 14.5. The number of anilines is 1. The molecular weight excluding hydrogens is 260 g/mol. The van der Waals surface area contributed by atoms with Crippen LogP contribution in [-0.2, 0) is 9.53 Å². The predicted molar refractivity (Wildman–Crippen MR) is 73.5 cm³/mol. The van der Waals surface area contributed by atoms with Crippen LogP contribution in [0, 0.1) is 0 Å². The maximum atomic E-state index is 11.9. The van der Waals surface area contributed by atoms with Gasteiger partial charge in [-0.1, -0.05) is 0 Å². The van der Waals surface area contributed by atoms with Crippen molar-refractivity contribution >= 4 is 17.6 Å². The molecule has 2 rings (SSSR count). The van der Waals surface area contributed by atoms with Crippen molar-refractivity contribution in [2.75, 3.05) is 19.5 Å². The van der Waals surface area contributed by atoms with E-state index in [0.717, 1.165) is 12.8 Å². The molecule has 108 valence electrons. The fourth-order valence-electron chi connectivity index (χ4n) is 1.72. The quantitative estimate of drug-likeness (QED) is 0.600. The molecule has 0 saturated heterocycles. The molecule has 1 fully saturated rings. The van der Waals surface area contributed by atoms with E-state index >= 15 is 0 Å². The minimum Gasteiger partial charge on any atom is -0.496 e. The maximum Gasteiger partial charge on any atom is 0.341 e. The molecule has 0 bridgehead atoms. The van der Waals surface area contributed by atoms with E-state index in [1.54, 1.807) is 18.2 Å². The Bertz CT molecular complexity index is 512. The zero-order valence-electron chi connectivity index (χ0n) is 11.3. The summed E-state index contributed by atoms with van der Waals surface area (Å²) in [7, 11) is 1.45. The minimum absolute atomic E-state index is 0.0465. The average molecular weight is 278 g/mol. The Kier molecular flexibility index (Phi) is 4.45. The van der Waals surface area contributed by atoms with Gasteiger partial charge in [0.25, 0.3) is 0 Å². The monoisotopic (exact) mass is 278 g/mol. The SMILES string of the molecule is COc1cc(N)ccc1C(=O)OCCC(=O)NC1CC1. The summed E-state index contributed by atoms with van der Waals surface area (Å²) < 4.78 is 10.1. The van der Waals surface area contributed by atoms with Crippen molar-refractivity contribution in [1.82, 2.24) is 5.32 Å². The molecule has 1 aromatic rings. The Hall–Kier alpha value is -2.24. The minimum atomic E-state index is -0.527. The van der Waals surface area contributed by atoms with Crippen molar-refractivity contribution in [3.8, 4) is 5.75 Å². The van der Waals surface area contributed by atoms with Crippen LogP contribution in [0.2, 0.25) is 0 Å². The molecule has 0 aromatic heterocycles. The molecule has 1 saturated carbocycles. The van der Waals surface area contributed by atoms with Gasteiger partial charge in [-0.15, -0.1) is 0 Å². The van der Waals surface area contributed by atoms with Crippen molar-refractivity contribution in [2.24, 2.45) is 0 Å². The number of nitrogen functional groups attached to an aromatic ring is 1. The van der Waals surface area contributed by atoms with Crippen molar-refractivity contribution in [3.63, 3.8) is 0 Å². The molecule has 0 atom stereocenters. The van der Waals surface area contributed by atoms with Gasteiger partial charge in [-0.25, -0.2) is 4.79 Å². The maximum absolute atomic E-state index is 11.9. The molecular formula is C14H18N2O4. The number of ether oxygens (including phenoxy) is 2. The van der Waals surface area contributed by atoms with E-state index < -0.39 is 5.97 Å². The number of hydrogen-bond acceptors (Lipinski definition) is 5. The second-order valence-corrected chi connectivity index (χ2v) is 4.69. The lowest BCUT2D eigenvalue weighted by Crippen LogP contribution is -2.26. The highest BCUT2D eigenvalue weighted by Crippen LogP contribution is 2.22. The van der Waals surface area contributed by atoms with E-state index in [9.17, 15) is 9.59 Å². The van der Waals surface area contributed by atoms with Crippen LogP contribution in [-0.4, -0.2) is 31.6 Å². The molecule has 1 aliphatic carbocycles. The van der Waals surface area contributed by atoms with Gasteiger partial charge in [0.2, 0.25) is 5.91 Å². The van der Waals surface area contributed by atoms with Crippen LogP contribution in [0.25, 0.3) is 0 Å². The fraction of sp³-hybridized carbons (Fsp3) is 0.429. The Balaban J connectivity index is 1.83. The largest absolute Gasteiger partial charge is 0.496 e. The van der Waals surface area contributed by atoms with Gasteiger partial charge in [-0.05, 0) is 25.0 Å². The van der Waals surface area contributed by atoms with E-state index in [0.29, 0.717) is 23.0 Å². The summed E-state index contributed by atoms with van der Waals surface area (Å²) >= 11 is 0. The second kappa shape index (κ2) is 6.27. The van der Waals surface area contributed by atoms with Gasteiger partial charge in [-0.2, -0.15) is 0 Å². The number of rotatable bonds is 6. The van der Waals surface area contributed by atoms with Crippen LogP contribution in [0.5, 0.6) is 5.75 Å². The molecule has 0 unspecified atom stereocenters. The number of hydrogen-bond donors (Lipinski definition) is 2. The molecule has 0 radical (unpaired) electrons. The predicted octanol–water partition coefficient (Wildman–Crippen LogP) is 1.10. The van der Waals surface area contributed by atoms with Crippen LogP contribution < -0.4 is 15.8 Å². The number of benzene rings is 1. The molecule has 0 heterocycles. The first-order valence-electron chi connectivity index (χ1n) is 6.50. The molecule has 1 aliphatic rings. The summed E-state index contributed by atoms with van der Waals surface area (Å²) in [6, 6.07) is 5.01. The van der Waals surface area contributed by atoms with Crippen molar-refractivity contribution in [1.29, 1.82) is 0 Å². The number of amides is 1. The topological polar surface area (TPSA) is 90.7 Å². The lowest BCUT2D eigenvalue weighted by Gasteiger charge is -2.09. The van der Waals surface area contributed by atoms with Crippen LogP contribution in [0.3, 0.4) is 0 Å². The van der Waals surface area contributed by atoms with Gasteiger partial charge in [0.15, 0.2) is 0 Å². The Labute approximate surface area is 117 Å². The van der Waals surface area contributed by atoms with Crippen LogP contribution in [0.4, 0.5) is 5.69 Å². The molecule has 3 N–H and O–H groups in total. The first-order chi connectivity index (χ1) is 9.60. The molecule has 1 aromatic carbocycles. The highest BCUT2D eigenvalue weighted by molar-refractivity contribution is 5.93. The summed E-state index contributed by atoms with van der Waals surface area (Å²) in [6.45, 7) is 0.0465. The van der Waals surface area contributed by atoms with E-state index in [1.807, 2.05) is 0 Å². The summed E-state index contributed by atoms with van der Waals surface area (Å²) in [4.78, 5) is 23.3.